The second kappa shape index (κ2) is 10.0. The summed E-state index contributed by atoms with van der Waals surface area (Å²) in [4.78, 5) is 32.4. The number of pyridine rings is 1. The van der Waals surface area contributed by atoms with Crippen LogP contribution in [0.15, 0.2) is 37.2 Å². The van der Waals surface area contributed by atoms with Gasteiger partial charge in [-0.3, -0.25) is 14.6 Å². The summed E-state index contributed by atoms with van der Waals surface area (Å²) in [6.45, 7) is 14.1. The van der Waals surface area contributed by atoms with E-state index in [1.807, 2.05) is 32.9 Å². The standard InChI is InChI=1S/C24H37N3O2/c1-7-21(28)27(20-12-8-10-18(13-14-20)17(2)3)22(19-11-9-15-25-16-19)23(29)26-24(4,5)6/h7,9,11,15-18,20,22H,1,8,10,12-14H2,2-6H3,(H,26,29). The number of aromatic nitrogens is 1. The zero-order valence-corrected chi connectivity index (χ0v) is 18.6. The summed E-state index contributed by atoms with van der Waals surface area (Å²) in [5.41, 5.74) is 0.334. The van der Waals surface area contributed by atoms with Crippen molar-refractivity contribution in [2.45, 2.75) is 84.3 Å². The molecule has 5 nitrogen and oxygen atoms in total. The molecule has 0 saturated heterocycles. The molecule has 1 aromatic heterocycles. The van der Waals surface area contributed by atoms with Gasteiger partial charge in [0.05, 0.1) is 0 Å². The number of carbonyl (C=O) groups is 2. The molecule has 29 heavy (non-hydrogen) atoms. The first-order valence-corrected chi connectivity index (χ1v) is 10.8. The van der Waals surface area contributed by atoms with Crippen LogP contribution in [0, 0.1) is 11.8 Å². The van der Waals surface area contributed by atoms with Crippen LogP contribution in [0.2, 0.25) is 0 Å². The van der Waals surface area contributed by atoms with E-state index in [-0.39, 0.29) is 17.9 Å². The fourth-order valence-electron chi connectivity index (χ4n) is 4.29. The molecule has 0 radical (unpaired) electrons. The predicted octanol–water partition coefficient (Wildman–Crippen LogP) is 4.66. The van der Waals surface area contributed by atoms with Crippen molar-refractivity contribution >= 4 is 11.8 Å². The van der Waals surface area contributed by atoms with Gasteiger partial charge in [-0.2, -0.15) is 0 Å². The van der Waals surface area contributed by atoms with E-state index in [0.29, 0.717) is 11.8 Å². The van der Waals surface area contributed by atoms with E-state index in [1.54, 1.807) is 17.3 Å². The summed E-state index contributed by atoms with van der Waals surface area (Å²) in [7, 11) is 0. The maximum atomic E-state index is 13.4. The Hall–Kier alpha value is -2.17. The molecule has 1 N–H and O–H groups in total. The minimum atomic E-state index is -0.714. The molecular weight excluding hydrogens is 362 g/mol. The highest BCUT2D eigenvalue weighted by Crippen LogP contribution is 2.34. The number of nitrogens with one attached hydrogen (secondary N) is 1. The zero-order chi connectivity index (χ0) is 21.6. The molecule has 1 heterocycles. The first kappa shape index (κ1) is 23.1. The highest BCUT2D eigenvalue weighted by molar-refractivity contribution is 5.93. The van der Waals surface area contributed by atoms with Gasteiger partial charge in [0.2, 0.25) is 11.8 Å². The maximum absolute atomic E-state index is 13.4. The Morgan fingerprint density at radius 1 is 1.24 bits per heavy atom. The first-order chi connectivity index (χ1) is 13.6. The Morgan fingerprint density at radius 3 is 2.52 bits per heavy atom. The second-order valence-corrected chi connectivity index (χ2v) is 9.54. The average Bonchev–Trinajstić information content (AvgIpc) is 2.90. The van der Waals surface area contributed by atoms with Crippen LogP contribution >= 0.6 is 0 Å². The lowest BCUT2D eigenvalue weighted by Gasteiger charge is -2.38. The Morgan fingerprint density at radius 2 is 1.97 bits per heavy atom. The van der Waals surface area contributed by atoms with E-state index in [1.165, 1.54) is 12.5 Å². The third kappa shape index (κ3) is 6.41. The van der Waals surface area contributed by atoms with Gasteiger partial charge in [-0.05, 0) is 64.0 Å². The number of hydrogen-bond donors (Lipinski definition) is 1. The van der Waals surface area contributed by atoms with E-state index in [0.717, 1.165) is 31.2 Å². The van der Waals surface area contributed by atoms with E-state index < -0.39 is 11.6 Å². The van der Waals surface area contributed by atoms with Gasteiger partial charge in [0, 0.05) is 29.5 Å². The van der Waals surface area contributed by atoms with Crippen LogP contribution in [-0.4, -0.2) is 33.3 Å². The lowest BCUT2D eigenvalue weighted by Crippen LogP contribution is -2.52. The zero-order valence-electron chi connectivity index (χ0n) is 18.6. The van der Waals surface area contributed by atoms with Gasteiger partial charge in [0.1, 0.15) is 6.04 Å². The second-order valence-electron chi connectivity index (χ2n) is 9.54. The fourth-order valence-corrected chi connectivity index (χ4v) is 4.29. The molecule has 0 aromatic carbocycles. The van der Waals surface area contributed by atoms with Gasteiger partial charge in [-0.15, -0.1) is 0 Å². The van der Waals surface area contributed by atoms with Gasteiger partial charge < -0.3 is 10.2 Å². The number of carbonyl (C=O) groups excluding carboxylic acids is 2. The van der Waals surface area contributed by atoms with Crippen molar-refractivity contribution in [1.29, 1.82) is 0 Å². The molecule has 2 rings (SSSR count). The molecule has 0 bridgehead atoms. The van der Waals surface area contributed by atoms with Gasteiger partial charge in [0.15, 0.2) is 0 Å². The average molecular weight is 400 g/mol. The minimum Gasteiger partial charge on any atom is -0.349 e. The van der Waals surface area contributed by atoms with E-state index >= 15 is 0 Å². The predicted molar refractivity (Wildman–Crippen MR) is 117 cm³/mol. The molecule has 2 amide bonds. The minimum absolute atomic E-state index is 0.0141. The van der Waals surface area contributed by atoms with Gasteiger partial charge >= 0.3 is 0 Å². The summed E-state index contributed by atoms with van der Waals surface area (Å²) in [6.07, 6.45) is 9.82. The molecule has 1 aromatic rings. The molecule has 160 valence electrons. The van der Waals surface area contributed by atoms with Crippen molar-refractivity contribution < 1.29 is 9.59 Å². The third-order valence-corrected chi connectivity index (χ3v) is 5.77. The number of nitrogens with zero attached hydrogens (tertiary/aromatic N) is 2. The summed E-state index contributed by atoms with van der Waals surface area (Å²) >= 11 is 0. The topological polar surface area (TPSA) is 62.3 Å². The smallest absolute Gasteiger partial charge is 0.247 e. The number of rotatable bonds is 6. The van der Waals surface area contributed by atoms with Gasteiger partial charge in [-0.1, -0.05) is 39.3 Å². The van der Waals surface area contributed by atoms with Crippen LogP contribution in [0.25, 0.3) is 0 Å². The highest BCUT2D eigenvalue weighted by Gasteiger charge is 2.37. The molecule has 1 fully saturated rings. The SMILES string of the molecule is C=CC(=O)N(C1CCCC(C(C)C)CC1)C(C(=O)NC(C)(C)C)c1cccnc1. The largest absolute Gasteiger partial charge is 0.349 e. The third-order valence-electron chi connectivity index (χ3n) is 5.77. The fraction of sp³-hybridized carbons (Fsp3) is 0.625. The van der Waals surface area contributed by atoms with Crippen LogP contribution in [0.1, 0.15) is 78.3 Å². The van der Waals surface area contributed by atoms with Crippen LogP contribution < -0.4 is 5.32 Å². The summed E-state index contributed by atoms with van der Waals surface area (Å²) in [5, 5.41) is 3.06. The van der Waals surface area contributed by atoms with Crippen molar-refractivity contribution in [3.05, 3.63) is 42.7 Å². The van der Waals surface area contributed by atoms with Gasteiger partial charge in [0.25, 0.3) is 0 Å². The van der Waals surface area contributed by atoms with Crippen LogP contribution in [0.4, 0.5) is 0 Å². The normalized spacial score (nSPS) is 21.2. The van der Waals surface area contributed by atoms with Crippen LogP contribution in [0.5, 0.6) is 0 Å². The van der Waals surface area contributed by atoms with Crippen molar-refractivity contribution in [3.8, 4) is 0 Å². The molecule has 5 heteroatoms. The molecule has 3 atom stereocenters. The summed E-state index contributed by atoms with van der Waals surface area (Å²) in [5.74, 6) is 0.929. The summed E-state index contributed by atoms with van der Waals surface area (Å²) in [6, 6.07) is 2.98. The highest BCUT2D eigenvalue weighted by atomic mass is 16.2. The Kier molecular flexibility index (Phi) is 8.00. The van der Waals surface area contributed by atoms with E-state index in [4.69, 9.17) is 0 Å². The van der Waals surface area contributed by atoms with Crippen molar-refractivity contribution in [2.75, 3.05) is 0 Å². The van der Waals surface area contributed by atoms with Crippen LogP contribution in [-0.2, 0) is 9.59 Å². The van der Waals surface area contributed by atoms with E-state index in [2.05, 4.69) is 30.7 Å². The first-order valence-electron chi connectivity index (χ1n) is 10.8. The molecule has 0 spiro atoms. The molecule has 1 saturated carbocycles. The monoisotopic (exact) mass is 399 g/mol. The van der Waals surface area contributed by atoms with Crippen molar-refractivity contribution in [2.24, 2.45) is 11.8 Å². The summed E-state index contributed by atoms with van der Waals surface area (Å²) < 4.78 is 0. The van der Waals surface area contributed by atoms with Gasteiger partial charge in [-0.25, -0.2) is 0 Å². The lowest BCUT2D eigenvalue weighted by atomic mass is 9.89. The quantitative estimate of drug-likeness (QED) is 0.559. The molecule has 1 aliphatic carbocycles. The molecule has 1 aliphatic rings. The van der Waals surface area contributed by atoms with Crippen molar-refractivity contribution in [3.63, 3.8) is 0 Å². The van der Waals surface area contributed by atoms with E-state index in [9.17, 15) is 9.59 Å². The molecular formula is C24H37N3O2. The number of amides is 2. The number of hydrogen-bond acceptors (Lipinski definition) is 3. The Balaban J connectivity index is 2.42. The maximum Gasteiger partial charge on any atom is 0.247 e. The molecule has 3 unspecified atom stereocenters. The Bertz CT molecular complexity index is 694. The lowest BCUT2D eigenvalue weighted by molar-refractivity contribution is -0.141. The van der Waals surface area contributed by atoms with Crippen LogP contribution in [0.3, 0.4) is 0 Å². The van der Waals surface area contributed by atoms with Crippen molar-refractivity contribution in [1.82, 2.24) is 15.2 Å². The Labute approximate surface area is 176 Å². The molecule has 0 aliphatic heterocycles.